The Morgan fingerprint density at radius 2 is 1.59 bits per heavy atom. The summed E-state index contributed by atoms with van der Waals surface area (Å²) in [5, 5.41) is 0. The minimum Gasteiger partial charge on any atom is -0.272 e. The van der Waals surface area contributed by atoms with Crippen LogP contribution in [0.15, 0.2) is 35.3 Å². The van der Waals surface area contributed by atoms with Crippen molar-refractivity contribution in [3.63, 3.8) is 0 Å². The third-order valence-electron chi connectivity index (χ3n) is 3.36. The summed E-state index contributed by atoms with van der Waals surface area (Å²) >= 11 is 0. The number of carbonyl (C=O) groups is 1. The van der Waals surface area contributed by atoms with Crippen LogP contribution in [0.4, 0.5) is 0 Å². The first-order valence-electron chi connectivity index (χ1n) is 6.02. The lowest BCUT2D eigenvalue weighted by atomic mass is 9.68. The molecule has 0 aliphatic carbocycles. The molecule has 1 aromatic rings. The molecule has 1 heterocycles. The van der Waals surface area contributed by atoms with Gasteiger partial charge in [0.1, 0.15) is 0 Å². The zero-order valence-electron chi connectivity index (χ0n) is 10.9. The van der Waals surface area contributed by atoms with Crippen molar-refractivity contribution in [2.45, 2.75) is 34.1 Å². The number of aliphatic imine (C=N–C) groups is 1. The maximum absolute atomic E-state index is 12.0. The molecule has 2 heteroatoms. The van der Waals surface area contributed by atoms with E-state index >= 15 is 0 Å². The molecule has 90 valence electrons. The molecule has 0 atom stereocenters. The van der Waals surface area contributed by atoms with Crippen LogP contribution in [0.1, 0.15) is 39.7 Å². The van der Waals surface area contributed by atoms with Crippen molar-refractivity contribution < 1.29 is 4.79 Å². The standard InChI is InChI=1S/C15H19NO/c1-14(2)10-15(3,4)13(17)16-12(14)11-8-6-5-7-9-11/h5-9H,10H2,1-4H3. The molecule has 1 aliphatic heterocycles. The fourth-order valence-electron chi connectivity index (χ4n) is 2.72. The van der Waals surface area contributed by atoms with Gasteiger partial charge >= 0.3 is 0 Å². The first-order valence-corrected chi connectivity index (χ1v) is 6.02. The Hall–Kier alpha value is -1.44. The van der Waals surface area contributed by atoms with Crippen LogP contribution < -0.4 is 0 Å². The van der Waals surface area contributed by atoms with Gasteiger partial charge in [0.15, 0.2) is 0 Å². The molecule has 0 spiro atoms. The predicted molar refractivity (Wildman–Crippen MR) is 70.2 cm³/mol. The molecule has 0 aromatic heterocycles. The van der Waals surface area contributed by atoms with Crippen molar-refractivity contribution in [2.24, 2.45) is 15.8 Å². The monoisotopic (exact) mass is 229 g/mol. The van der Waals surface area contributed by atoms with Gasteiger partial charge in [-0.2, -0.15) is 0 Å². The normalized spacial score (nSPS) is 22.1. The van der Waals surface area contributed by atoms with Gasteiger partial charge in [-0.25, -0.2) is 4.99 Å². The number of hydrogen-bond donors (Lipinski definition) is 0. The topological polar surface area (TPSA) is 29.4 Å². The van der Waals surface area contributed by atoms with Gasteiger partial charge in [-0.05, 0) is 12.0 Å². The predicted octanol–water partition coefficient (Wildman–Crippen LogP) is 3.46. The molecule has 0 saturated heterocycles. The third-order valence-corrected chi connectivity index (χ3v) is 3.36. The molecule has 0 saturated carbocycles. The number of nitrogens with zero attached hydrogens (tertiary/aromatic N) is 1. The lowest BCUT2D eigenvalue weighted by Gasteiger charge is -2.38. The zero-order chi connectivity index (χ0) is 12.7. The molecular weight excluding hydrogens is 210 g/mol. The van der Waals surface area contributed by atoms with E-state index in [0.29, 0.717) is 0 Å². The quantitative estimate of drug-likeness (QED) is 0.725. The van der Waals surface area contributed by atoms with E-state index in [-0.39, 0.29) is 16.7 Å². The van der Waals surface area contributed by atoms with E-state index in [1.807, 2.05) is 44.2 Å². The number of benzene rings is 1. The van der Waals surface area contributed by atoms with Crippen LogP contribution in [-0.2, 0) is 4.79 Å². The second-order valence-corrected chi connectivity index (χ2v) is 6.08. The maximum Gasteiger partial charge on any atom is 0.251 e. The summed E-state index contributed by atoms with van der Waals surface area (Å²) in [6.45, 7) is 8.27. The van der Waals surface area contributed by atoms with Gasteiger partial charge in [0, 0.05) is 10.8 Å². The largest absolute Gasteiger partial charge is 0.272 e. The van der Waals surface area contributed by atoms with Gasteiger partial charge in [-0.1, -0.05) is 58.0 Å². The average Bonchev–Trinajstić information content (AvgIpc) is 2.23. The number of carbonyl (C=O) groups excluding carboxylic acids is 1. The molecule has 1 amide bonds. The Kier molecular flexibility index (Phi) is 2.69. The minimum absolute atomic E-state index is 0.00400. The Balaban J connectivity index is 2.51. The summed E-state index contributed by atoms with van der Waals surface area (Å²) in [6.07, 6.45) is 0.840. The molecule has 0 fully saturated rings. The highest BCUT2D eigenvalue weighted by molar-refractivity contribution is 6.12. The summed E-state index contributed by atoms with van der Waals surface area (Å²) in [4.78, 5) is 16.3. The first-order chi connectivity index (χ1) is 7.83. The summed E-state index contributed by atoms with van der Waals surface area (Å²) in [5.74, 6) is -0.00400. The molecule has 17 heavy (non-hydrogen) atoms. The molecular formula is C15H19NO. The van der Waals surface area contributed by atoms with Crippen molar-refractivity contribution in [3.8, 4) is 0 Å². The number of hydrogen-bond acceptors (Lipinski definition) is 1. The number of rotatable bonds is 1. The van der Waals surface area contributed by atoms with E-state index in [0.717, 1.165) is 17.7 Å². The molecule has 1 aliphatic rings. The van der Waals surface area contributed by atoms with E-state index in [1.54, 1.807) is 0 Å². The molecule has 0 bridgehead atoms. The van der Waals surface area contributed by atoms with Crippen LogP contribution in [0.25, 0.3) is 0 Å². The second-order valence-electron chi connectivity index (χ2n) is 6.08. The van der Waals surface area contributed by atoms with Gasteiger partial charge in [0.2, 0.25) is 0 Å². The highest BCUT2D eigenvalue weighted by Crippen LogP contribution is 2.41. The van der Waals surface area contributed by atoms with Crippen LogP contribution in [0, 0.1) is 10.8 Å². The van der Waals surface area contributed by atoms with Gasteiger partial charge < -0.3 is 0 Å². The lowest BCUT2D eigenvalue weighted by Crippen LogP contribution is -2.40. The lowest BCUT2D eigenvalue weighted by molar-refractivity contribution is -0.127. The van der Waals surface area contributed by atoms with Crippen molar-refractivity contribution in [2.75, 3.05) is 0 Å². The first kappa shape index (κ1) is 12.0. The van der Waals surface area contributed by atoms with E-state index in [9.17, 15) is 4.79 Å². The van der Waals surface area contributed by atoms with Crippen molar-refractivity contribution in [3.05, 3.63) is 35.9 Å². The van der Waals surface area contributed by atoms with Gasteiger partial charge in [-0.3, -0.25) is 4.79 Å². The fraction of sp³-hybridized carbons (Fsp3) is 0.467. The summed E-state index contributed by atoms with van der Waals surface area (Å²) < 4.78 is 0. The summed E-state index contributed by atoms with van der Waals surface area (Å²) in [6, 6.07) is 9.99. The SMILES string of the molecule is CC1(C)CC(C)(C)C(c2ccccc2)=NC1=O. The molecule has 0 unspecified atom stereocenters. The number of amides is 1. The van der Waals surface area contributed by atoms with E-state index in [1.165, 1.54) is 0 Å². The average molecular weight is 229 g/mol. The molecule has 2 nitrogen and oxygen atoms in total. The van der Waals surface area contributed by atoms with Crippen molar-refractivity contribution in [1.29, 1.82) is 0 Å². The van der Waals surface area contributed by atoms with E-state index < -0.39 is 0 Å². The van der Waals surface area contributed by atoms with E-state index in [2.05, 4.69) is 18.8 Å². The van der Waals surface area contributed by atoms with Gasteiger partial charge in [0.25, 0.3) is 5.91 Å². The Morgan fingerprint density at radius 3 is 2.18 bits per heavy atom. The maximum atomic E-state index is 12.0. The van der Waals surface area contributed by atoms with Gasteiger partial charge in [0.05, 0.1) is 5.71 Å². The third kappa shape index (κ3) is 2.17. The van der Waals surface area contributed by atoms with Crippen LogP contribution in [0.3, 0.4) is 0 Å². The van der Waals surface area contributed by atoms with Crippen molar-refractivity contribution in [1.82, 2.24) is 0 Å². The molecule has 0 radical (unpaired) electrons. The smallest absolute Gasteiger partial charge is 0.251 e. The Bertz CT molecular complexity index is 469. The summed E-state index contributed by atoms with van der Waals surface area (Å²) in [5.41, 5.74) is 1.57. The highest BCUT2D eigenvalue weighted by Gasteiger charge is 2.42. The van der Waals surface area contributed by atoms with Crippen LogP contribution in [0.2, 0.25) is 0 Å². The fourth-order valence-corrected chi connectivity index (χ4v) is 2.72. The summed E-state index contributed by atoms with van der Waals surface area (Å²) in [7, 11) is 0. The zero-order valence-corrected chi connectivity index (χ0v) is 10.9. The molecule has 1 aromatic carbocycles. The molecule has 0 N–H and O–H groups in total. The molecule has 2 rings (SSSR count). The minimum atomic E-state index is -0.345. The van der Waals surface area contributed by atoms with Crippen LogP contribution in [0.5, 0.6) is 0 Å². The Labute approximate surface area is 103 Å². The van der Waals surface area contributed by atoms with E-state index in [4.69, 9.17) is 0 Å². The Morgan fingerprint density at radius 1 is 1.00 bits per heavy atom. The van der Waals surface area contributed by atoms with Crippen molar-refractivity contribution >= 4 is 11.6 Å². The van der Waals surface area contributed by atoms with Gasteiger partial charge in [-0.15, -0.1) is 0 Å². The highest BCUT2D eigenvalue weighted by atomic mass is 16.1. The van der Waals surface area contributed by atoms with Crippen LogP contribution >= 0.6 is 0 Å². The van der Waals surface area contributed by atoms with Crippen LogP contribution in [-0.4, -0.2) is 11.6 Å². The second kappa shape index (κ2) is 3.80.